The van der Waals surface area contributed by atoms with Crippen molar-refractivity contribution in [3.05, 3.63) is 292 Å². The standard InChI is InChI=1S/C64H45NO/c1-42-37-55-61-57(39-42)64(47-19-9-4-10-20-47,49-32-34-52(35-33-49)65(50-21-11-5-12-22-50)51-23-13-6-14-24-51)58-40-43(2)38-56(62(58)61)63(55,46-17-7-3-8-18-46)48-30-27-44(28-31-48)45-29-36-60-54(41-45)53-25-15-16-26-59(53)66-60/h3-41H,1-2H3. The Labute approximate surface area is 385 Å². The predicted molar refractivity (Wildman–Crippen MR) is 272 cm³/mol. The van der Waals surface area contributed by atoms with Crippen LogP contribution in [-0.2, 0) is 10.8 Å². The van der Waals surface area contributed by atoms with Gasteiger partial charge in [0.05, 0.1) is 10.8 Å². The van der Waals surface area contributed by atoms with Gasteiger partial charge in [-0.05, 0) is 135 Å². The summed E-state index contributed by atoms with van der Waals surface area (Å²) in [6, 6.07) is 87.5. The highest BCUT2D eigenvalue weighted by Gasteiger charge is 2.56. The second-order valence-corrected chi connectivity index (χ2v) is 18.1. The van der Waals surface area contributed by atoms with Gasteiger partial charge in [0.15, 0.2) is 0 Å². The third-order valence-electron chi connectivity index (χ3n) is 14.5. The molecule has 1 aromatic heterocycles. The molecule has 0 saturated carbocycles. The molecule has 0 bridgehead atoms. The zero-order chi connectivity index (χ0) is 44.0. The molecule has 312 valence electrons. The lowest BCUT2D eigenvalue weighted by Gasteiger charge is -2.39. The first-order chi connectivity index (χ1) is 32.5. The van der Waals surface area contributed by atoms with Gasteiger partial charge in [-0.25, -0.2) is 0 Å². The second kappa shape index (κ2) is 14.7. The third-order valence-corrected chi connectivity index (χ3v) is 14.5. The van der Waals surface area contributed by atoms with Crippen LogP contribution in [0.25, 0.3) is 44.2 Å². The maximum absolute atomic E-state index is 6.21. The van der Waals surface area contributed by atoms with Crippen molar-refractivity contribution in [3.63, 3.8) is 0 Å². The van der Waals surface area contributed by atoms with Crippen LogP contribution >= 0.6 is 0 Å². The minimum Gasteiger partial charge on any atom is -0.456 e. The van der Waals surface area contributed by atoms with Gasteiger partial charge in [0, 0.05) is 27.8 Å². The van der Waals surface area contributed by atoms with E-state index in [9.17, 15) is 0 Å². The van der Waals surface area contributed by atoms with Crippen LogP contribution in [0, 0.1) is 13.8 Å². The summed E-state index contributed by atoms with van der Waals surface area (Å²) >= 11 is 0. The van der Waals surface area contributed by atoms with E-state index in [1.807, 2.05) is 12.1 Å². The van der Waals surface area contributed by atoms with Gasteiger partial charge in [0.1, 0.15) is 11.2 Å². The molecule has 2 heteroatoms. The molecule has 0 atom stereocenters. The van der Waals surface area contributed by atoms with Gasteiger partial charge in [0.2, 0.25) is 0 Å². The number of benzene rings is 10. The van der Waals surface area contributed by atoms with E-state index in [4.69, 9.17) is 4.42 Å². The van der Waals surface area contributed by atoms with Crippen molar-refractivity contribution in [2.24, 2.45) is 0 Å². The Bertz CT molecular complexity index is 3530. The van der Waals surface area contributed by atoms with E-state index in [2.05, 4.69) is 243 Å². The molecule has 0 radical (unpaired) electrons. The molecule has 0 N–H and O–H groups in total. The van der Waals surface area contributed by atoms with Crippen LogP contribution in [0.5, 0.6) is 0 Å². The average molecular weight is 844 g/mol. The van der Waals surface area contributed by atoms with Crippen LogP contribution in [0.1, 0.15) is 55.6 Å². The summed E-state index contributed by atoms with van der Waals surface area (Å²) in [5, 5.41) is 2.28. The zero-order valence-electron chi connectivity index (χ0n) is 36.9. The molecule has 0 saturated heterocycles. The van der Waals surface area contributed by atoms with Crippen molar-refractivity contribution in [2.75, 3.05) is 4.90 Å². The van der Waals surface area contributed by atoms with Gasteiger partial charge in [-0.2, -0.15) is 0 Å². The number of hydrogen-bond acceptors (Lipinski definition) is 2. The number of rotatable bonds is 8. The van der Waals surface area contributed by atoms with Gasteiger partial charge in [-0.15, -0.1) is 0 Å². The van der Waals surface area contributed by atoms with Gasteiger partial charge < -0.3 is 9.32 Å². The van der Waals surface area contributed by atoms with Gasteiger partial charge in [-0.1, -0.05) is 193 Å². The summed E-state index contributed by atoms with van der Waals surface area (Å²) in [7, 11) is 0. The van der Waals surface area contributed by atoms with Crippen LogP contribution in [0.3, 0.4) is 0 Å². The van der Waals surface area contributed by atoms with Crippen molar-refractivity contribution in [2.45, 2.75) is 24.7 Å². The molecule has 0 fully saturated rings. The summed E-state index contributed by atoms with van der Waals surface area (Å²) in [6.45, 7) is 4.57. The van der Waals surface area contributed by atoms with Gasteiger partial charge >= 0.3 is 0 Å². The molecule has 0 unspecified atom stereocenters. The molecule has 66 heavy (non-hydrogen) atoms. The minimum atomic E-state index is -0.557. The highest BCUT2D eigenvalue weighted by molar-refractivity contribution is 6.06. The molecule has 0 aliphatic heterocycles. The highest BCUT2D eigenvalue weighted by Crippen LogP contribution is 2.67. The minimum absolute atomic E-state index is 0.546. The number of furan rings is 1. The number of hydrogen-bond donors (Lipinski definition) is 0. The number of anilines is 3. The molecule has 2 nitrogen and oxygen atoms in total. The zero-order valence-corrected chi connectivity index (χ0v) is 36.9. The molecule has 13 rings (SSSR count). The SMILES string of the molecule is Cc1cc2c3c(c1)C(c1ccccc1)(c1ccc(N(c4ccccc4)c4ccccc4)cc1)c1cc(C)cc(c1-3)C2(c1ccccc1)c1ccc(-c2ccc3oc4ccccc4c3c2)cc1. The number of aryl methyl sites for hydroxylation is 2. The van der Waals surface area contributed by atoms with Crippen molar-refractivity contribution < 1.29 is 4.42 Å². The Kier molecular flexibility index (Phi) is 8.51. The van der Waals surface area contributed by atoms with E-state index in [-0.39, 0.29) is 0 Å². The summed E-state index contributed by atoms with van der Waals surface area (Å²) in [4.78, 5) is 2.35. The first kappa shape index (κ1) is 38.3. The molecular formula is C64H45NO. The quantitative estimate of drug-likeness (QED) is 0.152. The summed E-state index contributed by atoms with van der Waals surface area (Å²) in [6.07, 6.45) is 0. The van der Waals surface area contributed by atoms with E-state index in [1.54, 1.807) is 0 Å². The van der Waals surface area contributed by atoms with Gasteiger partial charge in [-0.3, -0.25) is 0 Å². The summed E-state index contributed by atoms with van der Waals surface area (Å²) < 4.78 is 6.21. The molecule has 0 spiro atoms. The third kappa shape index (κ3) is 5.42. The van der Waals surface area contributed by atoms with Crippen molar-refractivity contribution in [3.8, 4) is 22.3 Å². The van der Waals surface area contributed by atoms with E-state index in [1.165, 1.54) is 77.9 Å². The molecule has 10 aromatic carbocycles. The smallest absolute Gasteiger partial charge is 0.135 e. The average Bonchev–Trinajstić information content (AvgIpc) is 3.99. The molecule has 2 aliphatic carbocycles. The Morgan fingerprint density at radius 1 is 0.318 bits per heavy atom. The van der Waals surface area contributed by atoms with Crippen LogP contribution in [0.15, 0.2) is 241 Å². The Balaban J connectivity index is 1.03. The molecule has 11 aromatic rings. The molecule has 2 aliphatic rings. The summed E-state index contributed by atoms with van der Waals surface area (Å²) in [5.74, 6) is 0. The first-order valence-electron chi connectivity index (χ1n) is 23.0. The van der Waals surface area contributed by atoms with Crippen LogP contribution in [0.4, 0.5) is 17.1 Å². The molecule has 0 amide bonds. The van der Waals surface area contributed by atoms with Crippen molar-refractivity contribution in [1.29, 1.82) is 0 Å². The Morgan fingerprint density at radius 2 is 0.697 bits per heavy atom. The summed E-state index contributed by atoms with van der Waals surface area (Å²) in [5.41, 5.74) is 22.1. The van der Waals surface area contributed by atoms with Crippen LogP contribution < -0.4 is 4.90 Å². The largest absolute Gasteiger partial charge is 0.456 e. The first-order valence-corrected chi connectivity index (χ1v) is 23.0. The van der Waals surface area contributed by atoms with Crippen molar-refractivity contribution >= 4 is 39.0 Å². The topological polar surface area (TPSA) is 16.4 Å². The van der Waals surface area contributed by atoms with E-state index in [0.717, 1.165) is 39.0 Å². The van der Waals surface area contributed by atoms with Gasteiger partial charge in [0.25, 0.3) is 0 Å². The molecule has 1 heterocycles. The fourth-order valence-electron chi connectivity index (χ4n) is 11.8. The lowest BCUT2D eigenvalue weighted by atomic mass is 9.62. The van der Waals surface area contributed by atoms with Crippen LogP contribution in [0.2, 0.25) is 0 Å². The Hall–Kier alpha value is -8.20. The maximum Gasteiger partial charge on any atom is 0.135 e. The number of para-hydroxylation sites is 3. The number of nitrogens with zero attached hydrogens (tertiary/aromatic N) is 1. The van der Waals surface area contributed by atoms with E-state index < -0.39 is 10.8 Å². The fourth-order valence-corrected chi connectivity index (χ4v) is 11.8. The maximum atomic E-state index is 6.21. The lowest BCUT2D eigenvalue weighted by molar-refractivity contribution is 0.669. The monoisotopic (exact) mass is 843 g/mol. The lowest BCUT2D eigenvalue weighted by Crippen LogP contribution is -2.33. The predicted octanol–water partition coefficient (Wildman–Crippen LogP) is 16.4. The molecular weight excluding hydrogens is 799 g/mol. The highest BCUT2D eigenvalue weighted by atomic mass is 16.3. The van der Waals surface area contributed by atoms with E-state index in [0.29, 0.717) is 0 Å². The normalized spacial score (nSPS) is 13.8. The van der Waals surface area contributed by atoms with Crippen LogP contribution in [-0.4, -0.2) is 0 Å². The Morgan fingerprint density at radius 3 is 1.20 bits per heavy atom. The fraction of sp³-hybridized carbons (Fsp3) is 0.0625. The number of fused-ring (bicyclic) bond motifs is 3. The van der Waals surface area contributed by atoms with Crippen molar-refractivity contribution in [1.82, 2.24) is 0 Å². The van der Waals surface area contributed by atoms with E-state index >= 15 is 0 Å². The second-order valence-electron chi connectivity index (χ2n) is 18.1.